The average molecular weight is 367 g/mol. The van der Waals surface area contributed by atoms with E-state index in [1.807, 2.05) is 11.8 Å². The first-order valence-electron chi connectivity index (χ1n) is 9.84. The summed E-state index contributed by atoms with van der Waals surface area (Å²) in [6.07, 6.45) is 6.27. The first-order chi connectivity index (χ1) is 13.1. The van der Waals surface area contributed by atoms with Crippen LogP contribution in [0.3, 0.4) is 0 Å². The van der Waals surface area contributed by atoms with Crippen LogP contribution >= 0.6 is 0 Å². The van der Waals surface area contributed by atoms with E-state index in [1.165, 1.54) is 24.0 Å². The lowest BCUT2D eigenvalue weighted by Gasteiger charge is -2.46. The van der Waals surface area contributed by atoms with E-state index in [4.69, 9.17) is 9.47 Å². The van der Waals surface area contributed by atoms with Gasteiger partial charge in [-0.2, -0.15) is 5.10 Å². The molecule has 1 unspecified atom stereocenters. The van der Waals surface area contributed by atoms with E-state index in [9.17, 15) is 4.79 Å². The molecule has 1 amide bonds. The van der Waals surface area contributed by atoms with Crippen LogP contribution in [0.15, 0.2) is 18.3 Å². The second kappa shape index (κ2) is 6.01. The van der Waals surface area contributed by atoms with Crippen molar-refractivity contribution in [2.24, 2.45) is 0 Å². The number of H-pyrrole nitrogens is 1. The second-order valence-electron chi connectivity index (χ2n) is 8.09. The Kier molecular flexibility index (Phi) is 3.71. The number of benzene rings is 1. The number of amides is 1. The zero-order valence-corrected chi connectivity index (χ0v) is 15.9. The molecule has 2 aromatic rings. The minimum atomic E-state index is -0.0103. The fourth-order valence-electron chi connectivity index (χ4n) is 5.07. The van der Waals surface area contributed by atoms with Gasteiger partial charge >= 0.3 is 0 Å². The van der Waals surface area contributed by atoms with Crippen LogP contribution in [-0.2, 0) is 5.41 Å². The van der Waals surface area contributed by atoms with Gasteiger partial charge in [-0.05, 0) is 49.9 Å². The smallest absolute Gasteiger partial charge is 0.257 e. The van der Waals surface area contributed by atoms with E-state index >= 15 is 0 Å². The number of aryl methyl sites for hydroxylation is 1. The molecule has 3 aliphatic rings. The average Bonchev–Trinajstić information content (AvgIpc) is 3.33. The Bertz CT molecular complexity index is 898. The van der Waals surface area contributed by atoms with Crippen LogP contribution < -0.4 is 9.47 Å². The summed E-state index contributed by atoms with van der Waals surface area (Å²) in [6, 6.07) is 4.29. The van der Waals surface area contributed by atoms with Crippen molar-refractivity contribution < 1.29 is 14.3 Å². The van der Waals surface area contributed by atoms with Gasteiger partial charge in [-0.15, -0.1) is 0 Å². The van der Waals surface area contributed by atoms with E-state index in [2.05, 4.69) is 29.3 Å². The number of nitrogens with one attached hydrogen (secondary N) is 1. The molecule has 1 fully saturated rings. The van der Waals surface area contributed by atoms with Gasteiger partial charge < -0.3 is 14.4 Å². The summed E-state index contributed by atoms with van der Waals surface area (Å²) in [5.41, 5.74) is 4.05. The molecule has 142 valence electrons. The lowest BCUT2D eigenvalue weighted by atomic mass is 9.71. The Balaban J connectivity index is 1.62. The molecule has 5 rings (SSSR count). The highest BCUT2D eigenvalue weighted by molar-refractivity contribution is 5.95. The van der Waals surface area contributed by atoms with Gasteiger partial charge in [-0.25, -0.2) is 0 Å². The van der Waals surface area contributed by atoms with Crippen molar-refractivity contribution in [3.8, 4) is 11.5 Å². The van der Waals surface area contributed by atoms with Crippen molar-refractivity contribution in [3.63, 3.8) is 0 Å². The predicted molar refractivity (Wildman–Crippen MR) is 100 cm³/mol. The highest BCUT2D eigenvalue weighted by Crippen LogP contribution is 2.52. The summed E-state index contributed by atoms with van der Waals surface area (Å²) in [6.45, 7) is 5.94. The van der Waals surface area contributed by atoms with Crippen molar-refractivity contribution >= 4 is 5.91 Å². The molecule has 1 atom stereocenters. The number of hydrogen-bond donors (Lipinski definition) is 1. The Morgan fingerprint density at radius 1 is 1.22 bits per heavy atom. The maximum Gasteiger partial charge on any atom is 0.257 e. The number of aromatic nitrogens is 2. The summed E-state index contributed by atoms with van der Waals surface area (Å²) in [5.74, 6) is 1.71. The molecule has 1 aromatic heterocycles. The maximum absolute atomic E-state index is 13.3. The number of carbonyl (C=O) groups is 1. The molecule has 1 spiro atoms. The predicted octanol–water partition coefficient (Wildman–Crippen LogP) is 3.52. The molecule has 0 saturated heterocycles. The SMILES string of the molecule is Cc1[nH]ncc1C(=O)N1CC2(CCCC2)c2cc3c(cc2C1C)OCCO3. The molecule has 1 saturated carbocycles. The summed E-state index contributed by atoms with van der Waals surface area (Å²) >= 11 is 0. The van der Waals surface area contributed by atoms with Gasteiger partial charge in [0.05, 0.1) is 17.8 Å². The van der Waals surface area contributed by atoms with Crippen molar-refractivity contribution in [2.75, 3.05) is 19.8 Å². The standard InChI is InChI=1S/C21H25N3O3/c1-13-16(11-22-23-13)20(25)24-12-21(5-3-4-6-21)17-10-19-18(26-7-8-27-19)9-15(17)14(24)2/h9-11,14H,3-8,12H2,1-2H3,(H,22,23). The second-order valence-corrected chi connectivity index (χ2v) is 8.09. The molecule has 1 N–H and O–H groups in total. The monoisotopic (exact) mass is 367 g/mol. The Labute approximate surface area is 158 Å². The molecule has 27 heavy (non-hydrogen) atoms. The minimum absolute atomic E-state index is 0.0103. The van der Waals surface area contributed by atoms with Gasteiger partial charge in [0.15, 0.2) is 11.5 Å². The maximum atomic E-state index is 13.3. The zero-order chi connectivity index (χ0) is 18.6. The van der Waals surface area contributed by atoms with Crippen LogP contribution in [0, 0.1) is 6.92 Å². The van der Waals surface area contributed by atoms with Gasteiger partial charge in [-0.3, -0.25) is 9.89 Å². The van der Waals surface area contributed by atoms with Crippen LogP contribution in [-0.4, -0.2) is 40.8 Å². The molecule has 2 aliphatic heterocycles. The van der Waals surface area contributed by atoms with Crippen molar-refractivity contribution in [1.82, 2.24) is 15.1 Å². The number of fused-ring (bicyclic) bond motifs is 3. The molecule has 0 bridgehead atoms. The third kappa shape index (κ3) is 2.46. The first kappa shape index (κ1) is 16.7. The number of carbonyl (C=O) groups excluding carboxylic acids is 1. The summed E-state index contributed by atoms with van der Waals surface area (Å²) in [4.78, 5) is 15.4. The topological polar surface area (TPSA) is 67.5 Å². The van der Waals surface area contributed by atoms with E-state index in [0.717, 1.165) is 36.6 Å². The Hall–Kier alpha value is -2.50. The third-order valence-corrected chi connectivity index (χ3v) is 6.56. The van der Waals surface area contributed by atoms with Crippen LogP contribution in [0.1, 0.15) is 65.8 Å². The minimum Gasteiger partial charge on any atom is -0.486 e. The lowest BCUT2D eigenvalue weighted by molar-refractivity contribution is 0.0592. The Morgan fingerprint density at radius 2 is 1.93 bits per heavy atom. The van der Waals surface area contributed by atoms with Crippen LogP contribution in [0.2, 0.25) is 0 Å². The van der Waals surface area contributed by atoms with E-state index in [0.29, 0.717) is 18.8 Å². The van der Waals surface area contributed by atoms with Crippen LogP contribution in [0.4, 0.5) is 0 Å². The number of rotatable bonds is 1. The molecule has 6 heteroatoms. The molecule has 0 radical (unpaired) electrons. The zero-order valence-electron chi connectivity index (χ0n) is 15.9. The number of aromatic amines is 1. The van der Waals surface area contributed by atoms with Gasteiger partial charge in [0, 0.05) is 17.7 Å². The summed E-state index contributed by atoms with van der Waals surface area (Å²) < 4.78 is 11.7. The highest BCUT2D eigenvalue weighted by Gasteiger charge is 2.46. The molecule has 3 heterocycles. The number of hydrogen-bond acceptors (Lipinski definition) is 4. The van der Waals surface area contributed by atoms with Gasteiger partial charge in [0.1, 0.15) is 13.2 Å². The molecule has 1 aliphatic carbocycles. The molecule has 6 nitrogen and oxygen atoms in total. The van der Waals surface area contributed by atoms with Gasteiger partial charge in [0.2, 0.25) is 0 Å². The van der Waals surface area contributed by atoms with Crippen LogP contribution in [0.5, 0.6) is 11.5 Å². The largest absolute Gasteiger partial charge is 0.486 e. The molecule has 1 aromatic carbocycles. The highest BCUT2D eigenvalue weighted by atomic mass is 16.6. The first-order valence-corrected chi connectivity index (χ1v) is 9.84. The van der Waals surface area contributed by atoms with Gasteiger partial charge in [0.25, 0.3) is 5.91 Å². The fourth-order valence-corrected chi connectivity index (χ4v) is 5.07. The van der Waals surface area contributed by atoms with E-state index in [-0.39, 0.29) is 17.4 Å². The number of ether oxygens (including phenoxy) is 2. The summed E-state index contributed by atoms with van der Waals surface area (Å²) in [5, 5.41) is 6.94. The van der Waals surface area contributed by atoms with Gasteiger partial charge in [-0.1, -0.05) is 12.8 Å². The van der Waals surface area contributed by atoms with Crippen LogP contribution in [0.25, 0.3) is 0 Å². The van der Waals surface area contributed by atoms with Crippen molar-refractivity contribution in [2.45, 2.75) is 51.0 Å². The van der Waals surface area contributed by atoms with Crippen molar-refractivity contribution in [1.29, 1.82) is 0 Å². The summed E-state index contributed by atoms with van der Waals surface area (Å²) in [7, 11) is 0. The number of nitrogens with zero attached hydrogens (tertiary/aromatic N) is 2. The quantitative estimate of drug-likeness (QED) is 0.837. The third-order valence-electron chi connectivity index (χ3n) is 6.56. The fraction of sp³-hybridized carbons (Fsp3) is 0.524. The van der Waals surface area contributed by atoms with E-state index < -0.39 is 0 Å². The molecular formula is C21H25N3O3. The van der Waals surface area contributed by atoms with E-state index in [1.54, 1.807) is 6.20 Å². The molecular weight excluding hydrogens is 342 g/mol. The van der Waals surface area contributed by atoms with Crippen molar-refractivity contribution in [3.05, 3.63) is 40.7 Å². The Morgan fingerprint density at radius 3 is 2.59 bits per heavy atom. The normalized spacial score (nSPS) is 22.7. The lowest BCUT2D eigenvalue weighted by Crippen LogP contribution is -2.48.